The monoisotopic (exact) mass is 509 g/mol. The van der Waals surface area contributed by atoms with Crippen LogP contribution < -0.4 is 5.32 Å². The van der Waals surface area contributed by atoms with E-state index in [1.807, 2.05) is 0 Å². The smallest absolute Gasteiger partial charge is 0.328 e. The molecule has 34 heavy (non-hydrogen) atoms. The van der Waals surface area contributed by atoms with Crippen LogP contribution in [0.4, 0.5) is 9.18 Å². The molecule has 2 N–H and O–H groups in total. The van der Waals surface area contributed by atoms with Gasteiger partial charge in [0.15, 0.2) is 14.6 Å². The van der Waals surface area contributed by atoms with Crippen LogP contribution in [0.2, 0.25) is 0 Å². The summed E-state index contributed by atoms with van der Waals surface area (Å²) in [5, 5.41) is 12.5. The Morgan fingerprint density at radius 1 is 1.32 bits per heavy atom. The van der Waals surface area contributed by atoms with E-state index in [1.54, 1.807) is 18.2 Å². The van der Waals surface area contributed by atoms with Crippen LogP contribution in [0.1, 0.15) is 24.6 Å². The molecule has 0 aliphatic carbocycles. The number of nitrogens with one attached hydrogen (secondary N) is 1. The highest BCUT2D eigenvalue weighted by Crippen LogP contribution is 2.30. The minimum Gasteiger partial charge on any atom is -0.480 e. The predicted octanol–water partition coefficient (Wildman–Crippen LogP) is 2.35. The molecule has 1 fully saturated rings. The Morgan fingerprint density at radius 2 is 2.03 bits per heavy atom. The van der Waals surface area contributed by atoms with E-state index in [9.17, 15) is 27.5 Å². The molecule has 0 bridgehead atoms. The molecule has 0 spiro atoms. The number of carbonyl (C=O) groups is 2. The number of fused-ring (bicyclic) bond motifs is 1. The molecule has 182 valence electrons. The van der Waals surface area contributed by atoms with Gasteiger partial charge in [-0.25, -0.2) is 17.6 Å². The van der Waals surface area contributed by atoms with Crippen LogP contribution in [-0.2, 0) is 21.2 Å². The summed E-state index contributed by atoms with van der Waals surface area (Å²) in [6.45, 7) is 2.98. The van der Waals surface area contributed by atoms with Gasteiger partial charge in [-0.3, -0.25) is 9.36 Å². The van der Waals surface area contributed by atoms with Crippen molar-refractivity contribution in [2.75, 3.05) is 25.9 Å². The van der Waals surface area contributed by atoms with E-state index < -0.39 is 32.4 Å². The van der Waals surface area contributed by atoms with Crippen molar-refractivity contribution in [2.24, 2.45) is 5.92 Å². The van der Waals surface area contributed by atoms with Crippen molar-refractivity contribution in [3.63, 3.8) is 0 Å². The summed E-state index contributed by atoms with van der Waals surface area (Å²) in [4.78, 5) is 25.7. The molecule has 8 nitrogen and oxygen atoms in total. The van der Waals surface area contributed by atoms with E-state index >= 15 is 0 Å². The molecule has 2 aliphatic heterocycles. The number of sulfone groups is 1. The number of aliphatic carboxylic acids is 1. The molecule has 4 rings (SSSR count). The number of hydrogen-bond acceptors (Lipinski definition) is 5. The van der Waals surface area contributed by atoms with Crippen LogP contribution in [0.15, 0.2) is 30.5 Å². The number of benzene rings is 1. The summed E-state index contributed by atoms with van der Waals surface area (Å²) in [5.74, 6) is 4.48. The number of carboxylic acids is 1. The van der Waals surface area contributed by atoms with Crippen molar-refractivity contribution in [1.82, 2.24) is 14.8 Å². The molecule has 0 saturated carbocycles. The molecule has 1 saturated heterocycles. The Labute approximate surface area is 203 Å². The Bertz CT molecular complexity index is 1310. The third-order valence-electron chi connectivity index (χ3n) is 6.34. The molecule has 1 amide bonds. The third-order valence-corrected chi connectivity index (χ3v) is 8.36. The summed E-state index contributed by atoms with van der Waals surface area (Å²) in [7, 11) is -3.88. The fourth-order valence-corrected chi connectivity index (χ4v) is 4.53. The second kappa shape index (κ2) is 9.41. The van der Waals surface area contributed by atoms with E-state index in [0.717, 1.165) is 26.3 Å². The molecule has 0 unspecified atom stereocenters. The van der Waals surface area contributed by atoms with Crippen molar-refractivity contribution in [3.05, 3.63) is 47.5 Å². The summed E-state index contributed by atoms with van der Waals surface area (Å²) in [6, 6.07) is 6.05. The molecule has 1 aromatic heterocycles. The van der Waals surface area contributed by atoms with E-state index in [1.165, 1.54) is 21.7 Å². The number of nitrogens with zero attached hydrogens (tertiary/aromatic N) is 2. The van der Waals surface area contributed by atoms with Crippen molar-refractivity contribution in [1.29, 1.82) is 0 Å². The van der Waals surface area contributed by atoms with Gasteiger partial charge in [-0.1, -0.05) is 17.9 Å². The number of halogens is 2. The number of hydrogen-bond donors (Lipinski definition) is 2. The SMILES string of the molecule is C[C@@](CCN1Cc2cc(-c3ccc(C#CC4CNC4)cc3F)cn2C1=O)(C(=O)O)S(C)(=O)=O.Cl. The maximum atomic E-state index is 14.7. The van der Waals surface area contributed by atoms with Crippen LogP contribution in [0.25, 0.3) is 11.1 Å². The summed E-state index contributed by atoms with van der Waals surface area (Å²) in [5.41, 5.74) is 2.10. The first kappa shape index (κ1) is 25.7. The Morgan fingerprint density at radius 3 is 2.56 bits per heavy atom. The van der Waals surface area contributed by atoms with Gasteiger partial charge in [0.1, 0.15) is 5.82 Å². The van der Waals surface area contributed by atoms with Gasteiger partial charge in [0.25, 0.3) is 0 Å². The zero-order chi connectivity index (χ0) is 24.0. The summed E-state index contributed by atoms with van der Waals surface area (Å²) in [6.07, 6.45) is 2.17. The van der Waals surface area contributed by atoms with Crippen LogP contribution in [0, 0.1) is 23.6 Å². The van der Waals surface area contributed by atoms with Crippen LogP contribution in [-0.4, -0.2) is 65.6 Å². The standard InChI is InChI=1S/C23H24FN3O5S.ClH/c1-23(21(28)29,33(2,31)32)7-8-26-14-18-10-17(13-27(18)22(26)30)19-6-5-15(9-20(19)24)3-4-16-11-25-12-16;/h5-6,9-10,13,16,25H,7-8,11-12,14H2,1-2H3,(H,28,29);1H/t23-;/m1./s1. The van der Waals surface area contributed by atoms with Crippen molar-refractivity contribution >= 4 is 34.2 Å². The molecule has 2 aromatic rings. The fraction of sp³-hybridized carbons (Fsp3) is 0.391. The van der Waals surface area contributed by atoms with E-state index in [4.69, 9.17) is 0 Å². The lowest BCUT2D eigenvalue weighted by Crippen LogP contribution is -2.45. The Kier molecular flexibility index (Phi) is 7.12. The zero-order valence-electron chi connectivity index (χ0n) is 18.7. The minimum atomic E-state index is -3.88. The normalized spacial score (nSPS) is 17.1. The van der Waals surface area contributed by atoms with Gasteiger partial charge in [0.05, 0.1) is 6.54 Å². The number of carboxylic acid groups (broad SMARTS) is 1. The van der Waals surface area contributed by atoms with E-state index in [0.29, 0.717) is 28.3 Å². The van der Waals surface area contributed by atoms with Gasteiger partial charge in [-0.05, 0) is 31.5 Å². The Hall–Kier alpha value is -2.87. The first-order valence-corrected chi connectivity index (χ1v) is 12.3. The molecule has 3 heterocycles. The molecule has 2 aliphatic rings. The lowest BCUT2D eigenvalue weighted by molar-refractivity contribution is -0.139. The predicted molar refractivity (Wildman–Crippen MR) is 127 cm³/mol. The first-order chi connectivity index (χ1) is 15.5. The number of aromatic nitrogens is 1. The highest BCUT2D eigenvalue weighted by atomic mass is 35.5. The lowest BCUT2D eigenvalue weighted by Gasteiger charge is -2.25. The highest BCUT2D eigenvalue weighted by molar-refractivity contribution is 7.92. The molecular formula is C23H25ClFN3O5S. The molecule has 0 radical (unpaired) electrons. The van der Waals surface area contributed by atoms with Crippen molar-refractivity contribution in [3.8, 4) is 23.0 Å². The van der Waals surface area contributed by atoms with Gasteiger partial charge < -0.3 is 15.3 Å². The number of carbonyl (C=O) groups excluding carboxylic acids is 1. The lowest BCUT2D eigenvalue weighted by atomic mass is 10.0. The fourth-order valence-electron chi connectivity index (χ4n) is 3.75. The van der Waals surface area contributed by atoms with Crippen molar-refractivity contribution < 1.29 is 27.5 Å². The first-order valence-electron chi connectivity index (χ1n) is 10.5. The average molecular weight is 510 g/mol. The van der Waals surface area contributed by atoms with Gasteiger partial charge in [0.2, 0.25) is 0 Å². The maximum absolute atomic E-state index is 14.7. The highest BCUT2D eigenvalue weighted by Gasteiger charge is 2.44. The Balaban J connectivity index is 0.00000324. The number of rotatable bonds is 6. The molecular weight excluding hydrogens is 485 g/mol. The largest absolute Gasteiger partial charge is 0.480 e. The number of amides is 1. The van der Waals surface area contributed by atoms with Gasteiger partial charge in [-0.15, -0.1) is 12.4 Å². The van der Waals surface area contributed by atoms with Crippen LogP contribution >= 0.6 is 12.4 Å². The second-order valence-electron chi connectivity index (χ2n) is 8.67. The van der Waals surface area contributed by atoms with Crippen LogP contribution in [0.5, 0.6) is 0 Å². The second-order valence-corrected chi connectivity index (χ2v) is 11.1. The minimum absolute atomic E-state index is 0. The zero-order valence-corrected chi connectivity index (χ0v) is 20.3. The maximum Gasteiger partial charge on any atom is 0.328 e. The van der Waals surface area contributed by atoms with Gasteiger partial charge in [0, 0.05) is 60.4 Å². The average Bonchev–Trinajstić information content (AvgIpc) is 3.23. The molecule has 1 atom stereocenters. The molecule has 1 aromatic carbocycles. The van der Waals surface area contributed by atoms with E-state index in [2.05, 4.69) is 17.2 Å². The summed E-state index contributed by atoms with van der Waals surface area (Å²) >= 11 is 0. The van der Waals surface area contributed by atoms with Crippen LogP contribution in [0.3, 0.4) is 0 Å². The summed E-state index contributed by atoms with van der Waals surface area (Å²) < 4.78 is 38.1. The van der Waals surface area contributed by atoms with Gasteiger partial charge in [-0.2, -0.15) is 0 Å². The quantitative estimate of drug-likeness (QED) is 0.579. The third kappa shape index (κ3) is 4.69. The van der Waals surface area contributed by atoms with E-state index in [-0.39, 0.29) is 31.9 Å². The molecule has 11 heteroatoms. The van der Waals surface area contributed by atoms with Crippen molar-refractivity contribution in [2.45, 2.75) is 24.6 Å². The van der Waals surface area contributed by atoms with Gasteiger partial charge >= 0.3 is 12.0 Å². The topological polar surface area (TPSA) is 109 Å².